The van der Waals surface area contributed by atoms with Crippen molar-refractivity contribution in [2.75, 3.05) is 0 Å². The van der Waals surface area contributed by atoms with Gasteiger partial charge >= 0.3 is 5.97 Å². The van der Waals surface area contributed by atoms with Crippen LogP contribution in [0.4, 0.5) is 4.39 Å². The number of halogens is 1. The van der Waals surface area contributed by atoms with E-state index in [1.807, 2.05) is 32.9 Å². The maximum atomic E-state index is 13.6. The lowest BCUT2D eigenvalue weighted by molar-refractivity contribution is 0.0723. The van der Waals surface area contributed by atoms with E-state index >= 15 is 0 Å². The highest BCUT2D eigenvalue weighted by Crippen LogP contribution is 2.25. The Morgan fingerprint density at radius 2 is 1.84 bits per heavy atom. The Morgan fingerprint density at radius 3 is 2.48 bits per heavy atom. The molecule has 0 aliphatic carbocycles. The monoisotopic (exact) mass is 338 g/mol. The van der Waals surface area contributed by atoms with E-state index in [4.69, 9.17) is 4.74 Å². The molecule has 0 bridgehead atoms. The first-order valence-corrected chi connectivity index (χ1v) is 8.09. The lowest BCUT2D eigenvalue weighted by Gasteiger charge is -2.08. The quantitative estimate of drug-likeness (QED) is 0.650. The van der Waals surface area contributed by atoms with Crippen molar-refractivity contribution in [1.29, 1.82) is 0 Å². The van der Waals surface area contributed by atoms with Gasteiger partial charge in [0.05, 0.1) is 16.9 Å². The minimum Gasteiger partial charge on any atom is -0.404 e. The van der Waals surface area contributed by atoms with Crippen molar-refractivity contribution in [3.8, 4) is 11.6 Å². The van der Waals surface area contributed by atoms with Gasteiger partial charge in [0.25, 0.3) is 0 Å². The Kier molecular flexibility index (Phi) is 4.65. The normalized spacial score (nSPS) is 10.9. The largest absolute Gasteiger partial charge is 0.404 e. The standard InChI is InChI=1S/C20H19FN2O2/c1-13(2)18-12-19(23(22-18)17-6-4-5-16(21)11-17)25-20(24)15-9-7-14(3)8-10-15/h4-13H,1-3H3. The van der Waals surface area contributed by atoms with Crippen LogP contribution in [0.3, 0.4) is 0 Å². The molecule has 4 nitrogen and oxygen atoms in total. The van der Waals surface area contributed by atoms with Crippen LogP contribution in [0.25, 0.3) is 5.69 Å². The predicted molar refractivity (Wildman–Crippen MR) is 93.7 cm³/mol. The third-order valence-electron chi connectivity index (χ3n) is 3.82. The number of hydrogen-bond acceptors (Lipinski definition) is 3. The molecule has 1 heterocycles. The van der Waals surface area contributed by atoms with Gasteiger partial charge in [-0.1, -0.05) is 37.6 Å². The van der Waals surface area contributed by atoms with Crippen molar-refractivity contribution in [3.63, 3.8) is 0 Å². The molecule has 0 radical (unpaired) electrons. The lowest BCUT2D eigenvalue weighted by atomic mass is 10.1. The Hall–Kier alpha value is -2.95. The molecule has 0 aliphatic rings. The van der Waals surface area contributed by atoms with Crippen LogP contribution in [-0.4, -0.2) is 15.7 Å². The van der Waals surface area contributed by atoms with Gasteiger partial charge in [0.15, 0.2) is 0 Å². The summed E-state index contributed by atoms with van der Waals surface area (Å²) in [7, 11) is 0. The van der Waals surface area contributed by atoms with Gasteiger partial charge in [-0.2, -0.15) is 5.10 Å². The summed E-state index contributed by atoms with van der Waals surface area (Å²) in [5.41, 5.74) is 2.77. The van der Waals surface area contributed by atoms with Gasteiger partial charge in [-0.05, 0) is 43.2 Å². The van der Waals surface area contributed by atoms with Crippen LogP contribution in [0.2, 0.25) is 0 Å². The molecule has 128 valence electrons. The summed E-state index contributed by atoms with van der Waals surface area (Å²) < 4.78 is 20.6. The van der Waals surface area contributed by atoms with Crippen LogP contribution in [0, 0.1) is 12.7 Å². The lowest BCUT2D eigenvalue weighted by Crippen LogP contribution is -2.11. The molecule has 25 heavy (non-hydrogen) atoms. The first-order chi connectivity index (χ1) is 11.9. The molecular weight excluding hydrogens is 319 g/mol. The van der Waals surface area contributed by atoms with E-state index in [0.29, 0.717) is 11.3 Å². The smallest absolute Gasteiger partial charge is 0.344 e. The van der Waals surface area contributed by atoms with Gasteiger partial charge < -0.3 is 4.74 Å². The Labute approximate surface area is 145 Å². The predicted octanol–water partition coefficient (Wildman–Crippen LogP) is 4.66. The molecule has 0 spiro atoms. The Balaban J connectivity index is 1.97. The maximum absolute atomic E-state index is 13.6. The van der Waals surface area contributed by atoms with Crippen molar-refractivity contribution < 1.29 is 13.9 Å². The zero-order valence-electron chi connectivity index (χ0n) is 14.4. The minimum absolute atomic E-state index is 0.145. The number of nitrogens with zero attached hydrogens (tertiary/aromatic N) is 2. The zero-order valence-corrected chi connectivity index (χ0v) is 14.4. The molecular formula is C20H19FN2O2. The highest BCUT2D eigenvalue weighted by molar-refractivity contribution is 5.91. The highest BCUT2D eigenvalue weighted by Gasteiger charge is 2.17. The van der Waals surface area contributed by atoms with Crippen molar-refractivity contribution >= 4 is 5.97 Å². The van der Waals surface area contributed by atoms with Crippen LogP contribution in [-0.2, 0) is 0 Å². The molecule has 0 amide bonds. The van der Waals surface area contributed by atoms with E-state index in [1.165, 1.54) is 16.8 Å². The summed E-state index contributed by atoms with van der Waals surface area (Å²) in [6, 6.07) is 14.8. The summed E-state index contributed by atoms with van der Waals surface area (Å²) in [6.07, 6.45) is 0. The molecule has 0 saturated heterocycles. The molecule has 2 aromatic carbocycles. The number of esters is 1. The molecule has 0 unspecified atom stereocenters. The second-order valence-electron chi connectivity index (χ2n) is 6.21. The average Bonchev–Trinajstić information content (AvgIpc) is 2.99. The van der Waals surface area contributed by atoms with Crippen LogP contribution >= 0.6 is 0 Å². The number of carbonyl (C=O) groups is 1. The maximum Gasteiger partial charge on any atom is 0.344 e. The number of rotatable bonds is 4. The molecule has 0 atom stereocenters. The third-order valence-corrected chi connectivity index (χ3v) is 3.82. The number of aryl methyl sites for hydroxylation is 1. The van der Waals surface area contributed by atoms with E-state index in [-0.39, 0.29) is 17.6 Å². The van der Waals surface area contributed by atoms with Crippen LogP contribution < -0.4 is 4.74 Å². The molecule has 3 aromatic rings. The first kappa shape index (κ1) is 16.9. The van der Waals surface area contributed by atoms with Crippen LogP contribution in [0.15, 0.2) is 54.6 Å². The molecule has 0 N–H and O–H groups in total. The Morgan fingerprint density at radius 1 is 1.12 bits per heavy atom. The fraction of sp³-hybridized carbons (Fsp3) is 0.200. The fourth-order valence-corrected chi connectivity index (χ4v) is 2.37. The number of carbonyl (C=O) groups excluding carboxylic acids is 1. The van der Waals surface area contributed by atoms with E-state index in [9.17, 15) is 9.18 Å². The van der Waals surface area contributed by atoms with Crippen LogP contribution in [0.1, 0.15) is 41.4 Å². The van der Waals surface area contributed by atoms with E-state index in [0.717, 1.165) is 11.3 Å². The number of benzene rings is 2. The van der Waals surface area contributed by atoms with Gasteiger partial charge in [0.1, 0.15) is 5.82 Å². The van der Waals surface area contributed by atoms with Crippen molar-refractivity contribution in [2.45, 2.75) is 26.7 Å². The SMILES string of the molecule is Cc1ccc(C(=O)Oc2cc(C(C)C)nn2-c2cccc(F)c2)cc1. The number of hydrogen-bond donors (Lipinski definition) is 0. The van der Waals surface area contributed by atoms with E-state index in [2.05, 4.69) is 5.10 Å². The van der Waals surface area contributed by atoms with Crippen molar-refractivity contribution in [1.82, 2.24) is 9.78 Å². The summed E-state index contributed by atoms with van der Waals surface area (Å²) in [5.74, 6) is -0.450. The van der Waals surface area contributed by atoms with E-state index < -0.39 is 5.97 Å². The van der Waals surface area contributed by atoms with Gasteiger partial charge in [0.2, 0.25) is 5.88 Å². The minimum atomic E-state index is -0.479. The van der Waals surface area contributed by atoms with Crippen molar-refractivity contribution in [2.24, 2.45) is 0 Å². The zero-order chi connectivity index (χ0) is 18.0. The summed E-state index contributed by atoms with van der Waals surface area (Å²) in [4.78, 5) is 12.4. The molecule has 3 rings (SSSR count). The second kappa shape index (κ2) is 6.89. The topological polar surface area (TPSA) is 44.1 Å². The molecule has 0 saturated carbocycles. The van der Waals surface area contributed by atoms with E-state index in [1.54, 1.807) is 30.3 Å². The molecule has 5 heteroatoms. The highest BCUT2D eigenvalue weighted by atomic mass is 19.1. The van der Waals surface area contributed by atoms with Gasteiger partial charge in [0, 0.05) is 6.07 Å². The number of aromatic nitrogens is 2. The molecule has 1 aromatic heterocycles. The molecule has 0 aliphatic heterocycles. The van der Waals surface area contributed by atoms with Crippen LogP contribution in [0.5, 0.6) is 5.88 Å². The Bertz CT molecular complexity index is 898. The summed E-state index contributed by atoms with van der Waals surface area (Å²) in [5, 5.41) is 4.45. The van der Waals surface area contributed by atoms with Crippen molar-refractivity contribution in [3.05, 3.63) is 77.2 Å². The van der Waals surface area contributed by atoms with Gasteiger partial charge in [-0.3, -0.25) is 0 Å². The second-order valence-corrected chi connectivity index (χ2v) is 6.21. The molecule has 0 fully saturated rings. The first-order valence-electron chi connectivity index (χ1n) is 8.09. The van der Waals surface area contributed by atoms with Gasteiger partial charge in [-0.25, -0.2) is 13.9 Å². The van der Waals surface area contributed by atoms with Gasteiger partial charge in [-0.15, -0.1) is 0 Å². The average molecular weight is 338 g/mol. The number of ether oxygens (including phenoxy) is 1. The summed E-state index contributed by atoms with van der Waals surface area (Å²) in [6.45, 7) is 5.93. The fourth-order valence-electron chi connectivity index (χ4n) is 2.37. The third kappa shape index (κ3) is 3.76. The summed E-state index contributed by atoms with van der Waals surface area (Å²) >= 11 is 0.